The van der Waals surface area contributed by atoms with Crippen LogP contribution in [0.4, 0.5) is 4.39 Å². The molecule has 1 aromatic carbocycles. The molecule has 0 aliphatic heterocycles. The van der Waals surface area contributed by atoms with Crippen LogP contribution in [-0.2, 0) is 6.42 Å². The van der Waals surface area contributed by atoms with Crippen molar-refractivity contribution >= 4 is 15.9 Å². The van der Waals surface area contributed by atoms with Gasteiger partial charge in [-0.05, 0) is 61.2 Å². The van der Waals surface area contributed by atoms with Gasteiger partial charge in [0.15, 0.2) is 0 Å². The first-order valence-corrected chi connectivity index (χ1v) is 7.99. The van der Waals surface area contributed by atoms with Crippen LogP contribution in [0.25, 0.3) is 0 Å². The van der Waals surface area contributed by atoms with Crippen molar-refractivity contribution in [2.75, 3.05) is 6.54 Å². The van der Waals surface area contributed by atoms with Crippen LogP contribution in [0.5, 0.6) is 0 Å². The van der Waals surface area contributed by atoms with Gasteiger partial charge in [-0.3, -0.25) is 4.98 Å². The molecule has 0 radical (unpaired) electrons. The lowest BCUT2D eigenvalue weighted by Gasteiger charge is -2.21. The average molecular weight is 351 g/mol. The molecular formula is C17H20BrFN2. The average Bonchev–Trinajstić information content (AvgIpc) is 2.46. The monoisotopic (exact) mass is 350 g/mol. The lowest BCUT2D eigenvalue weighted by molar-refractivity contribution is 0.524. The van der Waals surface area contributed by atoms with Gasteiger partial charge in [-0.25, -0.2) is 4.39 Å². The number of aryl methyl sites for hydroxylation is 1. The molecule has 112 valence electrons. The molecule has 0 spiro atoms. The second-order valence-electron chi connectivity index (χ2n) is 5.18. The van der Waals surface area contributed by atoms with E-state index in [4.69, 9.17) is 0 Å². The van der Waals surface area contributed by atoms with Crippen LogP contribution < -0.4 is 5.32 Å². The minimum absolute atomic E-state index is 0.181. The second-order valence-corrected chi connectivity index (χ2v) is 6.03. The van der Waals surface area contributed by atoms with E-state index in [1.807, 2.05) is 24.5 Å². The Morgan fingerprint density at radius 2 is 2.14 bits per heavy atom. The largest absolute Gasteiger partial charge is 0.310 e. The molecule has 0 saturated heterocycles. The summed E-state index contributed by atoms with van der Waals surface area (Å²) in [7, 11) is 0. The summed E-state index contributed by atoms with van der Waals surface area (Å²) in [6.07, 6.45) is 5.59. The maximum atomic E-state index is 13.2. The van der Waals surface area contributed by atoms with Gasteiger partial charge in [0, 0.05) is 22.9 Å². The lowest BCUT2D eigenvalue weighted by atomic mass is 9.97. The molecular weight excluding hydrogens is 331 g/mol. The molecule has 0 amide bonds. The zero-order chi connectivity index (χ0) is 15.2. The Hall–Kier alpha value is -1.26. The minimum Gasteiger partial charge on any atom is -0.310 e. The molecule has 2 nitrogen and oxygen atoms in total. The zero-order valence-electron chi connectivity index (χ0n) is 12.4. The summed E-state index contributed by atoms with van der Waals surface area (Å²) < 4.78 is 14.0. The van der Waals surface area contributed by atoms with Crippen molar-refractivity contribution in [1.29, 1.82) is 0 Å². The van der Waals surface area contributed by atoms with Crippen LogP contribution >= 0.6 is 15.9 Å². The molecule has 2 rings (SSSR count). The first-order valence-electron chi connectivity index (χ1n) is 7.19. The van der Waals surface area contributed by atoms with Crippen molar-refractivity contribution in [1.82, 2.24) is 10.3 Å². The van der Waals surface area contributed by atoms with Crippen LogP contribution in [0.15, 0.2) is 41.1 Å². The number of aromatic nitrogens is 1. The van der Waals surface area contributed by atoms with Gasteiger partial charge in [0.1, 0.15) is 5.82 Å². The highest BCUT2D eigenvalue weighted by Gasteiger charge is 2.15. The van der Waals surface area contributed by atoms with E-state index in [9.17, 15) is 4.39 Å². The third kappa shape index (κ3) is 4.35. The number of rotatable bonds is 6. The second kappa shape index (κ2) is 7.66. The smallest absolute Gasteiger partial charge is 0.124 e. The van der Waals surface area contributed by atoms with Crippen molar-refractivity contribution in [3.05, 3.63) is 63.6 Å². The van der Waals surface area contributed by atoms with Crippen LogP contribution in [0, 0.1) is 12.7 Å². The molecule has 2 aromatic rings. The topological polar surface area (TPSA) is 24.9 Å². The maximum absolute atomic E-state index is 13.2. The van der Waals surface area contributed by atoms with E-state index in [1.165, 1.54) is 23.3 Å². The van der Waals surface area contributed by atoms with Crippen molar-refractivity contribution in [2.45, 2.75) is 32.7 Å². The number of pyridine rings is 1. The number of hydrogen-bond donors (Lipinski definition) is 1. The van der Waals surface area contributed by atoms with Gasteiger partial charge in [-0.1, -0.05) is 28.9 Å². The van der Waals surface area contributed by atoms with E-state index < -0.39 is 0 Å². The van der Waals surface area contributed by atoms with E-state index in [1.54, 1.807) is 0 Å². The zero-order valence-corrected chi connectivity index (χ0v) is 14.0. The number of halogens is 2. The van der Waals surface area contributed by atoms with Gasteiger partial charge in [-0.15, -0.1) is 0 Å². The van der Waals surface area contributed by atoms with Gasteiger partial charge in [-0.2, -0.15) is 0 Å². The SMILES string of the molecule is CCCNC(Cc1ccc(F)cc1Br)c1cnccc1C. The molecule has 21 heavy (non-hydrogen) atoms. The summed E-state index contributed by atoms with van der Waals surface area (Å²) in [6.45, 7) is 5.18. The Kier molecular flexibility index (Phi) is 5.88. The fourth-order valence-corrected chi connectivity index (χ4v) is 2.87. The molecule has 1 atom stereocenters. The van der Waals surface area contributed by atoms with Crippen molar-refractivity contribution in [3.8, 4) is 0 Å². The molecule has 4 heteroatoms. The van der Waals surface area contributed by atoms with Crippen LogP contribution in [-0.4, -0.2) is 11.5 Å². The number of nitrogens with one attached hydrogen (secondary N) is 1. The number of nitrogens with zero attached hydrogens (tertiary/aromatic N) is 1. The lowest BCUT2D eigenvalue weighted by Crippen LogP contribution is -2.25. The Labute approximate surface area is 133 Å². The van der Waals surface area contributed by atoms with E-state index >= 15 is 0 Å². The van der Waals surface area contributed by atoms with Gasteiger partial charge in [0.05, 0.1) is 0 Å². The van der Waals surface area contributed by atoms with Gasteiger partial charge >= 0.3 is 0 Å². The van der Waals surface area contributed by atoms with Gasteiger partial charge < -0.3 is 5.32 Å². The van der Waals surface area contributed by atoms with E-state index in [0.717, 1.165) is 29.4 Å². The summed E-state index contributed by atoms with van der Waals surface area (Å²) >= 11 is 3.45. The highest BCUT2D eigenvalue weighted by molar-refractivity contribution is 9.10. The fraction of sp³-hybridized carbons (Fsp3) is 0.353. The number of hydrogen-bond acceptors (Lipinski definition) is 2. The predicted molar refractivity (Wildman–Crippen MR) is 87.8 cm³/mol. The molecule has 0 bridgehead atoms. The normalized spacial score (nSPS) is 12.4. The third-order valence-electron chi connectivity index (χ3n) is 3.53. The quantitative estimate of drug-likeness (QED) is 0.824. The molecule has 0 aliphatic carbocycles. The summed E-state index contributed by atoms with van der Waals surface area (Å²) in [5.41, 5.74) is 3.51. The van der Waals surface area contributed by atoms with Gasteiger partial charge in [0.25, 0.3) is 0 Å². The van der Waals surface area contributed by atoms with E-state index in [-0.39, 0.29) is 11.9 Å². The highest BCUT2D eigenvalue weighted by Crippen LogP contribution is 2.26. The van der Waals surface area contributed by atoms with E-state index in [2.05, 4.69) is 40.1 Å². The molecule has 0 saturated carbocycles. The maximum Gasteiger partial charge on any atom is 0.124 e. The summed E-state index contributed by atoms with van der Waals surface area (Å²) in [5.74, 6) is -0.221. The Bertz CT molecular complexity index is 601. The molecule has 1 unspecified atom stereocenters. The van der Waals surface area contributed by atoms with Gasteiger partial charge in [0.2, 0.25) is 0 Å². The highest BCUT2D eigenvalue weighted by atomic mass is 79.9. The first-order chi connectivity index (χ1) is 10.1. The standard InChI is InChI=1S/C17H20BrFN2/c1-3-7-21-17(15-11-20-8-6-12(15)2)9-13-4-5-14(19)10-16(13)18/h4-6,8,10-11,17,21H,3,7,9H2,1-2H3. The molecule has 0 aliphatic rings. The summed E-state index contributed by atoms with van der Waals surface area (Å²) in [6, 6.07) is 7.07. The Morgan fingerprint density at radius 1 is 1.33 bits per heavy atom. The van der Waals surface area contributed by atoms with Crippen LogP contribution in [0.3, 0.4) is 0 Å². The molecule has 0 fully saturated rings. The third-order valence-corrected chi connectivity index (χ3v) is 4.27. The number of benzene rings is 1. The minimum atomic E-state index is -0.221. The van der Waals surface area contributed by atoms with Crippen LogP contribution in [0.2, 0.25) is 0 Å². The van der Waals surface area contributed by atoms with Crippen molar-refractivity contribution in [3.63, 3.8) is 0 Å². The Morgan fingerprint density at radius 3 is 2.81 bits per heavy atom. The van der Waals surface area contributed by atoms with Crippen molar-refractivity contribution in [2.24, 2.45) is 0 Å². The van der Waals surface area contributed by atoms with Crippen LogP contribution in [0.1, 0.15) is 36.1 Å². The first kappa shape index (κ1) is 16.1. The molecule has 1 aromatic heterocycles. The van der Waals surface area contributed by atoms with E-state index in [0.29, 0.717) is 0 Å². The molecule has 1 heterocycles. The predicted octanol–water partition coefficient (Wildman–Crippen LogP) is 4.58. The molecule has 1 N–H and O–H groups in total. The fourth-order valence-electron chi connectivity index (χ4n) is 2.36. The summed E-state index contributed by atoms with van der Waals surface area (Å²) in [4.78, 5) is 4.24. The Balaban J connectivity index is 2.26. The van der Waals surface area contributed by atoms with Crippen molar-refractivity contribution < 1.29 is 4.39 Å². The summed E-state index contributed by atoms with van der Waals surface area (Å²) in [5, 5.41) is 3.56.